The molecule has 1 atom stereocenters. The number of rotatable bonds is 12. The number of nitrogens with one attached hydrogen (secondary N) is 1. The zero-order valence-corrected chi connectivity index (χ0v) is 21.7. The van der Waals surface area contributed by atoms with Crippen molar-refractivity contribution in [1.29, 1.82) is 0 Å². The Kier molecular flexibility index (Phi) is 9.08. The lowest BCUT2D eigenvalue weighted by atomic mass is 10.1. The number of ether oxygens (including phenoxy) is 1. The minimum atomic E-state index is -3.93. The molecule has 0 radical (unpaired) electrons. The number of methoxy groups -OCH3 is 1. The van der Waals surface area contributed by atoms with Crippen LogP contribution in [0.2, 0.25) is 0 Å². The molecule has 0 saturated carbocycles. The van der Waals surface area contributed by atoms with Crippen molar-refractivity contribution in [2.45, 2.75) is 57.0 Å². The van der Waals surface area contributed by atoms with E-state index >= 15 is 0 Å². The van der Waals surface area contributed by atoms with Crippen LogP contribution in [0, 0.1) is 0 Å². The van der Waals surface area contributed by atoms with E-state index < -0.39 is 22.0 Å². The normalized spacial score (nSPS) is 14.8. The van der Waals surface area contributed by atoms with Gasteiger partial charge in [-0.2, -0.15) is 0 Å². The molecule has 1 aliphatic rings. The first-order valence-electron chi connectivity index (χ1n) is 12.1. The van der Waals surface area contributed by atoms with Gasteiger partial charge in [-0.3, -0.25) is 14.4 Å². The predicted molar refractivity (Wildman–Crippen MR) is 135 cm³/mol. The third-order valence-corrected chi connectivity index (χ3v) is 7.93. The minimum absolute atomic E-state index is 0.0142. The first-order valence-corrected chi connectivity index (χ1v) is 13.5. The van der Waals surface area contributed by atoms with Crippen LogP contribution in [-0.4, -0.2) is 61.6 Å². The molecular formula is C26H33N3O6S. The van der Waals surface area contributed by atoms with Gasteiger partial charge in [-0.05, 0) is 49.1 Å². The molecule has 2 aromatic carbocycles. The average Bonchev–Trinajstić information content (AvgIpc) is 3.07. The highest BCUT2D eigenvalue weighted by atomic mass is 32.2. The lowest BCUT2D eigenvalue weighted by Crippen LogP contribution is -2.49. The zero-order valence-electron chi connectivity index (χ0n) is 20.9. The Labute approximate surface area is 212 Å². The van der Waals surface area contributed by atoms with Gasteiger partial charge in [0.2, 0.25) is 11.8 Å². The first kappa shape index (κ1) is 27.2. The van der Waals surface area contributed by atoms with Gasteiger partial charge in [-0.25, -0.2) is 12.7 Å². The maximum absolute atomic E-state index is 13.4. The number of hydrogen-bond acceptors (Lipinski definition) is 6. The summed E-state index contributed by atoms with van der Waals surface area (Å²) in [6.07, 6.45) is 1.31. The number of hydrogen-bond donors (Lipinski definition) is 1. The summed E-state index contributed by atoms with van der Waals surface area (Å²) in [6.45, 7) is 4.38. The molecule has 0 spiro atoms. The monoisotopic (exact) mass is 515 g/mol. The van der Waals surface area contributed by atoms with Crippen molar-refractivity contribution in [2.24, 2.45) is 0 Å². The van der Waals surface area contributed by atoms with Gasteiger partial charge < -0.3 is 15.0 Å². The summed E-state index contributed by atoms with van der Waals surface area (Å²) in [5, 5.41) is 2.86. The molecule has 0 saturated heterocycles. The zero-order chi connectivity index (χ0) is 26.3. The molecule has 0 fully saturated rings. The molecule has 0 aromatic heterocycles. The summed E-state index contributed by atoms with van der Waals surface area (Å²) in [6, 6.07) is 12.7. The second-order valence-electron chi connectivity index (χ2n) is 8.57. The maximum atomic E-state index is 13.4. The van der Waals surface area contributed by atoms with E-state index in [0.29, 0.717) is 18.7 Å². The molecule has 194 valence electrons. The van der Waals surface area contributed by atoms with Crippen molar-refractivity contribution in [3.8, 4) is 5.75 Å². The van der Waals surface area contributed by atoms with E-state index in [1.807, 2.05) is 32.0 Å². The van der Waals surface area contributed by atoms with Crippen LogP contribution in [0.25, 0.3) is 0 Å². The third-order valence-electron chi connectivity index (χ3n) is 6.09. The minimum Gasteiger partial charge on any atom is -0.497 e. The number of carbonyl (C=O) groups excluding carboxylic acids is 3. The summed E-state index contributed by atoms with van der Waals surface area (Å²) >= 11 is 0. The number of carbonyl (C=O) groups is 3. The van der Waals surface area contributed by atoms with Crippen LogP contribution in [0.15, 0.2) is 53.4 Å². The van der Waals surface area contributed by atoms with Crippen molar-refractivity contribution < 1.29 is 27.5 Å². The van der Waals surface area contributed by atoms with Crippen LogP contribution in [0.5, 0.6) is 5.75 Å². The molecule has 3 amide bonds. The van der Waals surface area contributed by atoms with Gasteiger partial charge in [-0.1, -0.05) is 38.1 Å². The molecule has 1 aliphatic heterocycles. The van der Waals surface area contributed by atoms with E-state index in [1.165, 1.54) is 17.0 Å². The summed E-state index contributed by atoms with van der Waals surface area (Å²) in [7, 11) is -2.38. The Bertz CT molecular complexity index is 1210. The van der Waals surface area contributed by atoms with Crippen molar-refractivity contribution in [1.82, 2.24) is 14.5 Å². The topological polar surface area (TPSA) is 113 Å². The van der Waals surface area contributed by atoms with Gasteiger partial charge in [0.1, 0.15) is 16.7 Å². The highest BCUT2D eigenvalue weighted by Crippen LogP contribution is 2.30. The number of fused-ring (bicyclic) bond motifs is 1. The molecule has 36 heavy (non-hydrogen) atoms. The Hall–Kier alpha value is -3.40. The van der Waals surface area contributed by atoms with Crippen LogP contribution in [0.4, 0.5) is 0 Å². The van der Waals surface area contributed by atoms with Gasteiger partial charge >= 0.3 is 0 Å². The molecule has 0 unspecified atom stereocenters. The maximum Gasteiger partial charge on any atom is 0.269 e. The first-order chi connectivity index (χ1) is 17.2. The van der Waals surface area contributed by atoms with Crippen LogP contribution in [0.1, 0.15) is 55.5 Å². The number of sulfonamides is 1. The lowest BCUT2D eigenvalue weighted by Gasteiger charge is -2.31. The Morgan fingerprint density at radius 3 is 2.53 bits per heavy atom. The Morgan fingerprint density at radius 2 is 1.86 bits per heavy atom. The molecule has 1 N–H and O–H groups in total. The highest BCUT2D eigenvalue weighted by Gasteiger charge is 2.40. The van der Waals surface area contributed by atoms with Crippen molar-refractivity contribution in [2.75, 3.05) is 20.2 Å². The largest absolute Gasteiger partial charge is 0.497 e. The van der Waals surface area contributed by atoms with E-state index in [1.54, 1.807) is 25.3 Å². The summed E-state index contributed by atoms with van der Waals surface area (Å²) in [5.41, 5.74) is 0.944. The molecule has 10 heteroatoms. The SMILES string of the molecule is CCCNC(=O)[C@H](CC)N(Cc1cccc(OC)c1)C(=O)CCCN1C(=O)c2ccccc2S1(=O)=O. The van der Waals surface area contributed by atoms with Crippen LogP contribution in [-0.2, 0) is 26.2 Å². The molecule has 3 rings (SSSR count). The van der Waals surface area contributed by atoms with Crippen LogP contribution >= 0.6 is 0 Å². The fraction of sp³-hybridized carbons (Fsp3) is 0.423. The van der Waals surface area contributed by atoms with E-state index in [4.69, 9.17) is 4.74 Å². The third kappa shape index (κ3) is 5.87. The summed E-state index contributed by atoms with van der Waals surface area (Å²) in [4.78, 5) is 40.4. The standard InChI is InChI=1S/C26H33N3O6S/c1-4-15-27-25(31)22(5-2)28(18-19-10-8-11-20(17-19)35-3)24(30)14-9-16-29-26(32)21-12-6-7-13-23(21)36(29,33)34/h6-8,10-13,17,22H,4-5,9,14-16,18H2,1-3H3,(H,27,31)/t22-/m0/s1. The number of nitrogens with zero attached hydrogens (tertiary/aromatic N) is 2. The van der Waals surface area contributed by atoms with Crippen LogP contribution < -0.4 is 10.1 Å². The van der Waals surface area contributed by atoms with Crippen molar-refractivity contribution >= 4 is 27.7 Å². The lowest BCUT2D eigenvalue weighted by molar-refractivity contribution is -0.141. The molecule has 2 aromatic rings. The van der Waals surface area contributed by atoms with Gasteiger partial charge in [0.05, 0.1) is 12.7 Å². The average molecular weight is 516 g/mol. The second kappa shape index (κ2) is 12.0. The predicted octanol–water partition coefficient (Wildman–Crippen LogP) is 2.95. The van der Waals surface area contributed by atoms with Gasteiger partial charge in [-0.15, -0.1) is 0 Å². The van der Waals surface area contributed by atoms with Gasteiger partial charge in [0, 0.05) is 26.1 Å². The fourth-order valence-electron chi connectivity index (χ4n) is 4.22. The fourth-order valence-corrected chi connectivity index (χ4v) is 5.83. The number of amides is 3. The smallest absolute Gasteiger partial charge is 0.269 e. The van der Waals surface area contributed by atoms with Crippen molar-refractivity contribution in [3.05, 3.63) is 59.7 Å². The van der Waals surface area contributed by atoms with E-state index in [2.05, 4.69) is 5.32 Å². The highest BCUT2D eigenvalue weighted by molar-refractivity contribution is 7.90. The second-order valence-corrected chi connectivity index (χ2v) is 10.4. The summed E-state index contributed by atoms with van der Waals surface area (Å²) in [5.74, 6) is -0.474. The molecule has 0 bridgehead atoms. The Balaban J connectivity index is 1.75. The molecule has 1 heterocycles. The van der Waals surface area contributed by atoms with Crippen molar-refractivity contribution in [3.63, 3.8) is 0 Å². The van der Waals surface area contributed by atoms with E-state index in [-0.39, 0.29) is 48.2 Å². The van der Waals surface area contributed by atoms with Gasteiger partial charge in [0.25, 0.3) is 15.9 Å². The molecule has 9 nitrogen and oxygen atoms in total. The Morgan fingerprint density at radius 1 is 1.11 bits per heavy atom. The number of benzene rings is 2. The van der Waals surface area contributed by atoms with Gasteiger partial charge in [0.15, 0.2) is 0 Å². The van der Waals surface area contributed by atoms with E-state index in [9.17, 15) is 22.8 Å². The van der Waals surface area contributed by atoms with E-state index in [0.717, 1.165) is 16.3 Å². The van der Waals surface area contributed by atoms with Crippen LogP contribution in [0.3, 0.4) is 0 Å². The molecular weight excluding hydrogens is 482 g/mol. The molecule has 0 aliphatic carbocycles. The quantitative estimate of drug-likeness (QED) is 0.465. The summed E-state index contributed by atoms with van der Waals surface area (Å²) < 4.78 is 31.7.